The van der Waals surface area contributed by atoms with Crippen LogP contribution in [-0.2, 0) is 23.0 Å². The topological polar surface area (TPSA) is 112 Å². The fourth-order valence-electron chi connectivity index (χ4n) is 4.06. The number of hydrogen-bond acceptors (Lipinski definition) is 8. The third kappa shape index (κ3) is 5.44. The Hall–Kier alpha value is -3.63. The van der Waals surface area contributed by atoms with Crippen molar-refractivity contribution in [3.05, 3.63) is 59.4 Å². The summed E-state index contributed by atoms with van der Waals surface area (Å²) >= 11 is 0. The highest BCUT2D eigenvalue weighted by Gasteiger charge is 2.17. The zero-order valence-corrected chi connectivity index (χ0v) is 21.7. The molecule has 0 atom stereocenters. The number of anilines is 1. The quantitative estimate of drug-likeness (QED) is 0.333. The van der Waals surface area contributed by atoms with Crippen LogP contribution in [-0.4, -0.2) is 52.5 Å². The van der Waals surface area contributed by atoms with Gasteiger partial charge in [-0.1, -0.05) is 0 Å². The number of rotatable bonds is 10. The van der Waals surface area contributed by atoms with Crippen LogP contribution in [0.3, 0.4) is 0 Å². The Kier molecular flexibility index (Phi) is 7.46. The molecule has 2 aromatic heterocycles. The van der Waals surface area contributed by atoms with Crippen LogP contribution in [0.2, 0.25) is 0 Å². The van der Waals surface area contributed by atoms with Gasteiger partial charge >= 0.3 is 0 Å². The van der Waals surface area contributed by atoms with Gasteiger partial charge in [0.15, 0.2) is 11.5 Å². The SMILES string of the molecule is CCNc1nc2ccc(OC)cc2cc1Cc1[c]nc(CNS(C)(=O)=O)c2cc(OC)c(OC)cc12. The van der Waals surface area contributed by atoms with Crippen molar-refractivity contribution in [3.8, 4) is 17.2 Å². The molecule has 0 bridgehead atoms. The Balaban J connectivity index is 1.87. The Labute approximate surface area is 210 Å². The van der Waals surface area contributed by atoms with E-state index in [4.69, 9.17) is 19.2 Å². The lowest BCUT2D eigenvalue weighted by Crippen LogP contribution is -2.22. The van der Waals surface area contributed by atoms with Crippen LogP contribution >= 0.6 is 0 Å². The minimum atomic E-state index is -3.40. The largest absolute Gasteiger partial charge is 0.497 e. The van der Waals surface area contributed by atoms with E-state index in [1.807, 2.05) is 37.3 Å². The lowest BCUT2D eigenvalue weighted by Gasteiger charge is -2.16. The number of fused-ring (bicyclic) bond motifs is 2. The van der Waals surface area contributed by atoms with E-state index < -0.39 is 10.0 Å². The lowest BCUT2D eigenvalue weighted by atomic mass is 9.98. The molecule has 10 heteroatoms. The molecule has 2 N–H and O–H groups in total. The molecule has 4 aromatic rings. The average Bonchev–Trinajstić information content (AvgIpc) is 2.86. The van der Waals surface area contributed by atoms with Crippen molar-refractivity contribution in [3.63, 3.8) is 0 Å². The van der Waals surface area contributed by atoms with Gasteiger partial charge in [0, 0.05) is 23.7 Å². The first-order valence-corrected chi connectivity index (χ1v) is 13.3. The van der Waals surface area contributed by atoms with Crippen LogP contribution < -0.4 is 24.2 Å². The van der Waals surface area contributed by atoms with Gasteiger partial charge in [-0.15, -0.1) is 0 Å². The zero-order valence-electron chi connectivity index (χ0n) is 20.9. The van der Waals surface area contributed by atoms with E-state index in [1.54, 1.807) is 21.3 Å². The van der Waals surface area contributed by atoms with E-state index >= 15 is 0 Å². The first-order valence-electron chi connectivity index (χ1n) is 11.4. The first-order chi connectivity index (χ1) is 17.3. The molecular weight excluding hydrogens is 480 g/mol. The maximum absolute atomic E-state index is 11.7. The van der Waals surface area contributed by atoms with Crippen molar-refractivity contribution in [2.45, 2.75) is 19.9 Å². The second kappa shape index (κ2) is 10.5. The number of hydrogen-bond donors (Lipinski definition) is 2. The van der Waals surface area contributed by atoms with Gasteiger partial charge in [0.25, 0.3) is 0 Å². The molecule has 4 rings (SSSR count). The van der Waals surface area contributed by atoms with Crippen LogP contribution in [0.25, 0.3) is 21.7 Å². The zero-order chi connectivity index (χ0) is 25.9. The van der Waals surface area contributed by atoms with Gasteiger partial charge in [0.1, 0.15) is 11.6 Å². The van der Waals surface area contributed by atoms with Crippen LogP contribution in [0.5, 0.6) is 17.2 Å². The molecule has 0 saturated heterocycles. The maximum Gasteiger partial charge on any atom is 0.209 e. The van der Waals surface area contributed by atoms with Gasteiger partial charge < -0.3 is 19.5 Å². The van der Waals surface area contributed by atoms with Gasteiger partial charge in [-0.3, -0.25) is 0 Å². The Morgan fingerprint density at radius 3 is 2.33 bits per heavy atom. The molecule has 189 valence electrons. The second-order valence-corrected chi connectivity index (χ2v) is 10.1. The molecular formula is C26H29N4O5S. The highest BCUT2D eigenvalue weighted by Crippen LogP contribution is 2.36. The van der Waals surface area contributed by atoms with E-state index in [2.05, 4.69) is 27.3 Å². The van der Waals surface area contributed by atoms with Crippen molar-refractivity contribution in [2.24, 2.45) is 0 Å². The molecule has 2 heterocycles. The highest BCUT2D eigenvalue weighted by atomic mass is 32.2. The monoisotopic (exact) mass is 509 g/mol. The fourth-order valence-corrected chi connectivity index (χ4v) is 4.46. The van der Waals surface area contributed by atoms with Crippen LogP contribution in [0, 0.1) is 6.20 Å². The molecule has 1 radical (unpaired) electrons. The van der Waals surface area contributed by atoms with Gasteiger partial charge in [-0.2, -0.15) is 0 Å². The summed E-state index contributed by atoms with van der Waals surface area (Å²) in [6.45, 7) is 2.76. The normalized spacial score (nSPS) is 11.6. The van der Waals surface area contributed by atoms with Crippen molar-refractivity contribution in [2.75, 3.05) is 39.4 Å². The number of ether oxygens (including phenoxy) is 3. The molecule has 36 heavy (non-hydrogen) atoms. The molecule has 0 aliphatic carbocycles. The van der Waals surface area contributed by atoms with Gasteiger partial charge in [-0.05, 0) is 59.8 Å². The number of benzene rings is 2. The summed E-state index contributed by atoms with van der Waals surface area (Å²) in [7, 11) is 1.36. The van der Waals surface area contributed by atoms with Crippen molar-refractivity contribution >= 4 is 37.5 Å². The Bertz CT molecular complexity index is 1520. The summed E-state index contributed by atoms with van der Waals surface area (Å²) in [6, 6.07) is 11.5. The molecule has 2 aromatic carbocycles. The lowest BCUT2D eigenvalue weighted by molar-refractivity contribution is 0.356. The van der Waals surface area contributed by atoms with E-state index in [-0.39, 0.29) is 6.54 Å². The van der Waals surface area contributed by atoms with Gasteiger partial charge in [-0.25, -0.2) is 23.1 Å². The average molecular weight is 510 g/mol. The fraction of sp³-hybridized carbons (Fsp3) is 0.308. The Morgan fingerprint density at radius 2 is 1.69 bits per heavy atom. The summed E-state index contributed by atoms with van der Waals surface area (Å²) in [5, 5.41) is 5.89. The predicted octanol–water partition coefficient (Wildman–Crippen LogP) is 3.68. The molecule has 0 fully saturated rings. The van der Waals surface area contributed by atoms with Crippen LogP contribution in [0.15, 0.2) is 36.4 Å². The number of nitrogens with one attached hydrogen (secondary N) is 2. The van der Waals surface area contributed by atoms with Gasteiger partial charge in [0.05, 0.1) is 51.5 Å². The predicted molar refractivity (Wildman–Crippen MR) is 141 cm³/mol. The highest BCUT2D eigenvalue weighted by molar-refractivity contribution is 7.88. The van der Waals surface area contributed by atoms with Gasteiger partial charge in [0.2, 0.25) is 10.0 Å². The Morgan fingerprint density at radius 1 is 0.972 bits per heavy atom. The summed E-state index contributed by atoms with van der Waals surface area (Å²) in [6.07, 6.45) is 4.73. The number of nitrogens with zero attached hydrogens (tertiary/aromatic N) is 2. The molecule has 0 aliphatic heterocycles. The minimum Gasteiger partial charge on any atom is -0.497 e. The molecule has 9 nitrogen and oxygen atoms in total. The first kappa shape index (κ1) is 25.5. The second-order valence-electron chi connectivity index (χ2n) is 8.26. The maximum atomic E-state index is 11.7. The third-order valence-corrected chi connectivity index (χ3v) is 6.47. The molecule has 0 saturated carbocycles. The van der Waals surface area contributed by atoms with E-state index in [0.29, 0.717) is 30.2 Å². The number of sulfonamides is 1. The molecule has 0 spiro atoms. The van der Waals surface area contributed by atoms with Crippen molar-refractivity contribution in [1.82, 2.24) is 14.7 Å². The van der Waals surface area contributed by atoms with Crippen molar-refractivity contribution in [1.29, 1.82) is 0 Å². The minimum absolute atomic E-state index is 0.0293. The summed E-state index contributed by atoms with van der Waals surface area (Å²) in [4.78, 5) is 9.32. The number of methoxy groups -OCH3 is 3. The summed E-state index contributed by atoms with van der Waals surface area (Å²) < 4.78 is 42.3. The third-order valence-electron chi connectivity index (χ3n) is 5.80. The summed E-state index contributed by atoms with van der Waals surface area (Å²) in [5.74, 6) is 2.61. The number of aromatic nitrogens is 2. The summed E-state index contributed by atoms with van der Waals surface area (Å²) in [5.41, 5.74) is 3.18. The van der Waals surface area contributed by atoms with E-state index in [9.17, 15) is 8.42 Å². The van der Waals surface area contributed by atoms with Crippen LogP contribution in [0.4, 0.5) is 5.82 Å². The van der Waals surface area contributed by atoms with Crippen LogP contribution in [0.1, 0.15) is 23.7 Å². The van der Waals surface area contributed by atoms with Crippen molar-refractivity contribution < 1.29 is 22.6 Å². The van der Waals surface area contributed by atoms with E-state index in [1.165, 1.54) is 0 Å². The molecule has 0 aliphatic rings. The van der Waals surface area contributed by atoms with E-state index in [0.717, 1.165) is 50.6 Å². The molecule has 0 amide bonds. The smallest absolute Gasteiger partial charge is 0.209 e. The molecule has 0 unspecified atom stereocenters. The standard InChI is InChI=1S/C26H29N4O5S/c1-6-27-26-17(9-16-11-19(33-2)7-8-22(16)30-26)10-18-14-28-23(15-29-36(5,31)32)21-13-25(35-4)24(34-3)12-20(18)21/h7-9,11-13,29H,6,10,15H2,1-5H3,(H,27,30). The number of pyridine rings is 2.